The number of benzene rings is 2. The van der Waals surface area contributed by atoms with Gasteiger partial charge in [-0.05, 0) is 35.6 Å². The Balaban J connectivity index is 1.35. The first-order valence-corrected chi connectivity index (χ1v) is 10.3. The summed E-state index contributed by atoms with van der Waals surface area (Å²) in [4.78, 5) is 37.5. The van der Waals surface area contributed by atoms with Crippen molar-refractivity contribution in [3.05, 3.63) is 71.3 Å². The molecule has 0 spiro atoms. The molecule has 31 heavy (non-hydrogen) atoms. The van der Waals surface area contributed by atoms with Crippen LogP contribution in [-0.2, 0) is 14.3 Å². The van der Waals surface area contributed by atoms with E-state index >= 15 is 0 Å². The Labute approximate surface area is 180 Å². The van der Waals surface area contributed by atoms with Crippen molar-refractivity contribution in [1.82, 2.24) is 10.2 Å². The van der Waals surface area contributed by atoms with Crippen molar-refractivity contribution < 1.29 is 24.2 Å². The van der Waals surface area contributed by atoms with E-state index in [1.807, 2.05) is 36.4 Å². The van der Waals surface area contributed by atoms with Gasteiger partial charge >= 0.3 is 12.1 Å². The predicted octanol–water partition coefficient (Wildman–Crippen LogP) is 3.16. The van der Waals surface area contributed by atoms with Crippen molar-refractivity contribution in [2.75, 3.05) is 19.7 Å². The first-order valence-electron chi connectivity index (χ1n) is 10.3. The highest BCUT2D eigenvalue weighted by Gasteiger charge is 2.30. The number of carboxylic acid groups (broad SMARTS) is 1. The number of hydrogen-bond acceptors (Lipinski definition) is 4. The number of alkyl carbamates (subject to hydrolysis) is 1. The molecule has 1 atom stereocenters. The van der Waals surface area contributed by atoms with E-state index in [0.717, 1.165) is 22.3 Å². The third kappa shape index (κ3) is 4.17. The van der Waals surface area contributed by atoms with E-state index in [2.05, 4.69) is 17.4 Å². The molecule has 160 valence electrons. The normalized spacial score (nSPS) is 16.0. The monoisotopic (exact) mass is 420 g/mol. The summed E-state index contributed by atoms with van der Waals surface area (Å²) in [5.74, 6) is -1.28. The van der Waals surface area contributed by atoms with E-state index in [1.54, 1.807) is 6.92 Å². The van der Waals surface area contributed by atoms with Crippen LogP contribution in [0.4, 0.5) is 4.79 Å². The highest BCUT2D eigenvalue weighted by molar-refractivity contribution is 5.89. The molecule has 0 radical (unpaired) electrons. The summed E-state index contributed by atoms with van der Waals surface area (Å²) in [6.45, 7) is 2.31. The lowest BCUT2D eigenvalue weighted by atomic mass is 9.98. The van der Waals surface area contributed by atoms with Gasteiger partial charge in [0.15, 0.2) is 0 Å². The minimum absolute atomic E-state index is 0.0502. The smallest absolute Gasteiger partial charge is 0.407 e. The van der Waals surface area contributed by atoms with E-state index < -0.39 is 18.1 Å². The summed E-state index contributed by atoms with van der Waals surface area (Å²) in [5, 5.41) is 11.6. The van der Waals surface area contributed by atoms with E-state index in [9.17, 15) is 14.4 Å². The Morgan fingerprint density at radius 3 is 2.26 bits per heavy atom. The van der Waals surface area contributed by atoms with E-state index in [1.165, 1.54) is 11.0 Å². The van der Waals surface area contributed by atoms with Crippen LogP contribution in [0.1, 0.15) is 30.4 Å². The van der Waals surface area contributed by atoms with Gasteiger partial charge < -0.3 is 20.1 Å². The molecule has 2 aromatic carbocycles. The van der Waals surface area contributed by atoms with Crippen LogP contribution in [0.2, 0.25) is 0 Å². The zero-order valence-electron chi connectivity index (χ0n) is 17.2. The standard InChI is InChI=1S/C24H24N2O5/c1-15(22(27)26-12-10-16(11-13-26)23(28)29)25-24(30)31-14-21-19-8-4-2-6-17(19)18-7-3-5-9-20(18)21/h2-10,15,21H,11-14H2,1H3,(H,25,30)(H,28,29)/t15-/m0/s1. The molecule has 7 heteroatoms. The van der Waals surface area contributed by atoms with Crippen LogP contribution in [0.3, 0.4) is 0 Å². The van der Waals surface area contributed by atoms with Crippen LogP contribution in [0.15, 0.2) is 60.2 Å². The number of carboxylic acids is 1. The van der Waals surface area contributed by atoms with Gasteiger partial charge in [0.1, 0.15) is 12.6 Å². The maximum Gasteiger partial charge on any atom is 0.407 e. The molecular formula is C24H24N2O5. The van der Waals surface area contributed by atoms with Crippen molar-refractivity contribution in [3.8, 4) is 11.1 Å². The Kier molecular flexibility index (Phi) is 5.75. The van der Waals surface area contributed by atoms with Gasteiger partial charge in [0.25, 0.3) is 0 Å². The Morgan fingerprint density at radius 1 is 1.10 bits per heavy atom. The summed E-state index contributed by atoms with van der Waals surface area (Å²) >= 11 is 0. The SMILES string of the molecule is C[C@H](NC(=O)OCC1c2ccccc2-c2ccccc21)C(=O)N1CC=C(C(=O)O)CC1. The minimum Gasteiger partial charge on any atom is -0.478 e. The lowest BCUT2D eigenvalue weighted by molar-refractivity contribution is -0.135. The summed E-state index contributed by atoms with van der Waals surface area (Å²) in [7, 11) is 0. The van der Waals surface area contributed by atoms with Gasteiger partial charge in [-0.1, -0.05) is 54.6 Å². The number of fused-ring (bicyclic) bond motifs is 3. The van der Waals surface area contributed by atoms with Crippen molar-refractivity contribution in [2.24, 2.45) is 0 Å². The maximum atomic E-state index is 12.6. The molecule has 0 unspecified atom stereocenters. The van der Waals surface area contributed by atoms with Gasteiger partial charge in [0, 0.05) is 24.6 Å². The number of carbonyl (C=O) groups is 3. The first-order chi connectivity index (χ1) is 15.0. The van der Waals surface area contributed by atoms with Crippen molar-refractivity contribution in [3.63, 3.8) is 0 Å². The summed E-state index contributed by atoms with van der Waals surface area (Å²) in [5.41, 5.74) is 4.84. The fourth-order valence-corrected chi connectivity index (χ4v) is 4.22. The fraction of sp³-hybridized carbons (Fsp3) is 0.292. The Bertz CT molecular complexity index is 1020. The van der Waals surface area contributed by atoms with Crippen molar-refractivity contribution in [1.29, 1.82) is 0 Å². The Morgan fingerprint density at radius 2 is 1.71 bits per heavy atom. The topological polar surface area (TPSA) is 95.9 Å². The number of nitrogens with one attached hydrogen (secondary N) is 1. The van der Waals surface area contributed by atoms with Crippen LogP contribution in [0.25, 0.3) is 11.1 Å². The van der Waals surface area contributed by atoms with Gasteiger partial charge in [-0.2, -0.15) is 0 Å². The Hall–Kier alpha value is -3.61. The third-order valence-electron chi connectivity index (χ3n) is 5.84. The molecule has 1 aliphatic carbocycles. The molecule has 2 amide bonds. The second-order valence-electron chi connectivity index (χ2n) is 7.76. The minimum atomic E-state index is -0.961. The number of amides is 2. The van der Waals surface area contributed by atoms with Crippen LogP contribution in [-0.4, -0.2) is 53.7 Å². The molecule has 7 nitrogen and oxygen atoms in total. The van der Waals surface area contributed by atoms with Gasteiger partial charge in [0.2, 0.25) is 5.91 Å². The number of rotatable bonds is 5. The van der Waals surface area contributed by atoms with Gasteiger partial charge in [-0.15, -0.1) is 0 Å². The molecule has 0 aromatic heterocycles. The average Bonchev–Trinajstić information content (AvgIpc) is 3.11. The quantitative estimate of drug-likeness (QED) is 0.775. The van der Waals surface area contributed by atoms with Gasteiger partial charge in [-0.25, -0.2) is 9.59 Å². The molecule has 0 saturated heterocycles. The molecule has 2 N–H and O–H groups in total. The summed E-state index contributed by atoms with van der Waals surface area (Å²) < 4.78 is 5.49. The summed E-state index contributed by atoms with van der Waals surface area (Å²) in [6, 6.07) is 15.4. The number of aliphatic carboxylic acids is 1. The average molecular weight is 420 g/mol. The molecule has 1 heterocycles. The summed E-state index contributed by atoms with van der Waals surface area (Å²) in [6.07, 6.45) is 1.17. The zero-order valence-corrected chi connectivity index (χ0v) is 17.2. The van der Waals surface area contributed by atoms with Gasteiger partial charge in [-0.3, -0.25) is 4.79 Å². The predicted molar refractivity (Wildman–Crippen MR) is 115 cm³/mol. The highest BCUT2D eigenvalue weighted by Crippen LogP contribution is 2.44. The zero-order chi connectivity index (χ0) is 22.0. The van der Waals surface area contributed by atoms with E-state index in [0.29, 0.717) is 18.5 Å². The van der Waals surface area contributed by atoms with Crippen LogP contribution >= 0.6 is 0 Å². The second kappa shape index (κ2) is 8.63. The molecule has 2 aromatic rings. The molecule has 0 fully saturated rings. The largest absolute Gasteiger partial charge is 0.478 e. The van der Waals surface area contributed by atoms with Crippen LogP contribution < -0.4 is 5.32 Å². The van der Waals surface area contributed by atoms with E-state index in [-0.39, 0.29) is 25.0 Å². The maximum absolute atomic E-state index is 12.6. The second-order valence-corrected chi connectivity index (χ2v) is 7.76. The molecular weight excluding hydrogens is 396 g/mol. The number of ether oxygens (including phenoxy) is 1. The van der Waals surface area contributed by atoms with Gasteiger partial charge in [0.05, 0.1) is 0 Å². The first kappa shape index (κ1) is 20.7. The van der Waals surface area contributed by atoms with Crippen molar-refractivity contribution in [2.45, 2.75) is 25.3 Å². The molecule has 0 saturated carbocycles. The van der Waals surface area contributed by atoms with Crippen LogP contribution in [0, 0.1) is 0 Å². The number of nitrogens with zero attached hydrogens (tertiary/aromatic N) is 1. The third-order valence-corrected chi connectivity index (χ3v) is 5.84. The highest BCUT2D eigenvalue weighted by atomic mass is 16.5. The molecule has 0 bridgehead atoms. The molecule has 1 aliphatic heterocycles. The fourth-order valence-electron chi connectivity index (χ4n) is 4.22. The van der Waals surface area contributed by atoms with Crippen LogP contribution in [0.5, 0.6) is 0 Å². The lowest BCUT2D eigenvalue weighted by Gasteiger charge is -2.28. The van der Waals surface area contributed by atoms with E-state index in [4.69, 9.17) is 9.84 Å². The number of carbonyl (C=O) groups excluding carboxylic acids is 2. The number of hydrogen-bond donors (Lipinski definition) is 2. The molecule has 4 rings (SSSR count). The molecule has 2 aliphatic rings. The lowest BCUT2D eigenvalue weighted by Crippen LogP contribution is -2.48. The van der Waals surface area contributed by atoms with Crippen molar-refractivity contribution >= 4 is 18.0 Å².